The topological polar surface area (TPSA) is 76.5 Å². The van der Waals surface area contributed by atoms with Crippen molar-refractivity contribution in [2.45, 2.75) is 26.3 Å². The number of piperidine rings is 1. The fourth-order valence-electron chi connectivity index (χ4n) is 2.59. The Morgan fingerprint density at radius 3 is 2.90 bits per heavy atom. The molecule has 0 radical (unpaired) electrons. The van der Waals surface area contributed by atoms with E-state index in [1.165, 1.54) is 4.31 Å². The van der Waals surface area contributed by atoms with Gasteiger partial charge in [-0.2, -0.15) is 22.5 Å². The second-order valence-electron chi connectivity index (χ2n) is 5.53. The third kappa shape index (κ3) is 4.03. The molecular formula is C13H24N4O3S. The van der Waals surface area contributed by atoms with Crippen LogP contribution in [0.3, 0.4) is 0 Å². The van der Waals surface area contributed by atoms with Gasteiger partial charge in [0.15, 0.2) is 0 Å². The van der Waals surface area contributed by atoms with Gasteiger partial charge in [-0.05, 0) is 25.7 Å². The summed E-state index contributed by atoms with van der Waals surface area (Å²) >= 11 is 0. The lowest BCUT2D eigenvalue weighted by Gasteiger charge is -2.31. The molecule has 0 spiro atoms. The van der Waals surface area contributed by atoms with Crippen molar-refractivity contribution in [3.05, 3.63) is 17.5 Å². The number of aryl methyl sites for hydroxylation is 1. The third-order valence-electron chi connectivity index (χ3n) is 4.01. The van der Waals surface area contributed by atoms with Crippen LogP contribution in [0.2, 0.25) is 0 Å². The molecule has 0 aliphatic carbocycles. The van der Waals surface area contributed by atoms with Crippen LogP contribution in [0, 0.1) is 12.8 Å². The first-order valence-electron chi connectivity index (χ1n) is 7.15. The lowest BCUT2D eigenvalue weighted by atomic mass is 10.0. The molecule has 0 aromatic carbocycles. The Balaban J connectivity index is 1.96. The molecule has 1 unspecified atom stereocenters. The van der Waals surface area contributed by atoms with Crippen LogP contribution in [-0.2, 0) is 28.5 Å². The van der Waals surface area contributed by atoms with Crippen molar-refractivity contribution in [3.8, 4) is 0 Å². The van der Waals surface area contributed by atoms with E-state index >= 15 is 0 Å². The number of ether oxygens (including phenoxy) is 1. The number of methoxy groups -OCH3 is 1. The van der Waals surface area contributed by atoms with Gasteiger partial charge < -0.3 is 4.74 Å². The molecule has 0 saturated carbocycles. The zero-order chi connectivity index (χ0) is 15.5. The highest BCUT2D eigenvalue weighted by molar-refractivity contribution is 7.87. The monoisotopic (exact) mass is 316 g/mol. The summed E-state index contributed by atoms with van der Waals surface area (Å²) in [6.45, 7) is 3.89. The van der Waals surface area contributed by atoms with Crippen LogP contribution >= 0.6 is 0 Å². The number of nitrogens with one attached hydrogen (secondary N) is 1. The van der Waals surface area contributed by atoms with E-state index in [1.54, 1.807) is 18.0 Å². The van der Waals surface area contributed by atoms with E-state index in [4.69, 9.17) is 4.74 Å². The Labute approximate surface area is 126 Å². The van der Waals surface area contributed by atoms with Crippen molar-refractivity contribution in [1.29, 1.82) is 0 Å². The summed E-state index contributed by atoms with van der Waals surface area (Å²) in [4.78, 5) is 0. The number of rotatable bonds is 6. The van der Waals surface area contributed by atoms with Gasteiger partial charge in [-0.15, -0.1) is 0 Å². The highest BCUT2D eigenvalue weighted by atomic mass is 32.2. The van der Waals surface area contributed by atoms with E-state index in [1.807, 2.05) is 14.0 Å². The van der Waals surface area contributed by atoms with Crippen LogP contribution in [0.5, 0.6) is 0 Å². The molecular weight excluding hydrogens is 292 g/mol. The average Bonchev–Trinajstić information content (AvgIpc) is 2.77. The Morgan fingerprint density at radius 1 is 1.52 bits per heavy atom. The Kier molecular flexibility index (Phi) is 5.37. The van der Waals surface area contributed by atoms with Crippen molar-refractivity contribution in [3.63, 3.8) is 0 Å². The molecule has 2 heterocycles. The zero-order valence-electron chi connectivity index (χ0n) is 12.9. The van der Waals surface area contributed by atoms with Gasteiger partial charge in [0.25, 0.3) is 10.2 Å². The summed E-state index contributed by atoms with van der Waals surface area (Å²) in [5.74, 6) is 0.278. The molecule has 1 aliphatic heterocycles. The van der Waals surface area contributed by atoms with Gasteiger partial charge in [0, 0.05) is 45.0 Å². The Morgan fingerprint density at radius 2 is 2.29 bits per heavy atom. The fourth-order valence-corrected chi connectivity index (χ4v) is 3.89. The standard InChI is InChI=1S/C13H24N4O3S/c1-11-13(7-14-16(11)2)8-15-21(18,19)17-6-4-5-12(9-17)10-20-3/h7,12,15H,4-6,8-10H2,1-3H3. The highest BCUT2D eigenvalue weighted by Crippen LogP contribution is 2.19. The van der Waals surface area contributed by atoms with Gasteiger partial charge in [-0.3, -0.25) is 4.68 Å². The maximum absolute atomic E-state index is 12.4. The smallest absolute Gasteiger partial charge is 0.279 e. The first kappa shape index (κ1) is 16.4. The molecule has 8 heteroatoms. The SMILES string of the molecule is COCC1CCCN(S(=O)(=O)NCc2cnn(C)c2C)C1. The second-order valence-corrected chi connectivity index (χ2v) is 7.28. The van der Waals surface area contributed by atoms with Gasteiger partial charge in [0.1, 0.15) is 0 Å². The second kappa shape index (κ2) is 6.87. The molecule has 1 aromatic rings. The molecule has 0 amide bonds. The van der Waals surface area contributed by atoms with Crippen molar-refractivity contribution < 1.29 is 13.2 Å². The van der Waals surface area contributed by atoms with Crippen LogP contribution in [0.1, 0.15) is 24.1 Å². The first-order chi connectivity index (χ1) is 9.94. The van der Waals surface area contributed by atoms with Gasteiger partial charge >= 0.3 is 0 Å². The largest absolute Gasteiger partial charge is 0.384 e. The highest BCUT2D eigenvalue weighted by Gasteiger charge is 2.28. The minimum atomic E-state index is -3.45. The van der Waals surface area contributed by atoms with Crippen LogP contribution < -0.4 is 4.72 Å². The van der Waals surface area contributed by atoms with Crippen molar-refractivity contribution >= 4 is 10.2 Å². The van der Waals surface area contributed by atoms with Crippen LogP contribution in [0.4, 0.5) is 0 Å². The first-order valence-corrected chi connectivity index (χ1v) is 8.59. The van der Waals surface area contributed by atoms with Gasteiger partial charge in [0.05, 0.1) is 12.8 Å². The number of nitrogens with zero attached hydrogens (tertiary/aromatic N) is 3. The summed E-state index contributed by atoms with van der Waals surface area (Å²) < 4.78 is 35.8. The lowest BCUT2D eigenvalue weighted by molar-refractivity contribution is 0.118. The maximum Gasteiger partial charge on any atom is 0.279 e. The molecule has 2 rings (SSSR count). The molecule has 120 valence electrons. The van der Waals surface area contributed by atoms with Gasteiger partial charge in [0.2, 0.25) is 0 Å². The lowest BCUT2D eigenvalue weighted by Crippen LogP contribution is -2.46. The van der Waals surface area contributed by atoms with E-state index in [0.717, 1.165) is 24.1 Å². The van der Waals surface area contributed by atoms with Crippen molar-refractivity contribution in [2.24, 2.45) is 13.0 Å². The molecule has 1 aromatic heterocycles. The van der Waals surface area contributed by atoms with Crippen molar-refractivity contribution in [2.75, 3.05) is 26.8 Å². The zero-order valence-corrected chi connectivity index (χ0v) is 13.7. The summed E-state index contributed by atoms with van der Waals surface area (Å²) in [6, 6.07) is 0. The summed E-state index contributed by atoms with van der Waals surface area (Å²) in [5, 5.41) is 4.12. The van der Waals surface area contributed by atoms with Crippen molar-refractivity contribution in [1.82, 2.24) is 18.8 Å². The molecule has 1 N–H and O–H groups in total. The summed E-state index contributed by atoms with van der Waals surface area (Å²) in [5.41, 5.74) is 1.86. The van der Waals surface area contributed by atoms with E-state index < -0.39 is 10.2 Å². The number of hydrogen-bond acceptors (Lipinski definition) is 4. The number of aromatic nitrogens is 2. The third-order valence-corrected chi connectivity index (χ3v) is 5.53. The molecule has 1 saturated heterocycles. The molecule has 1 aliphatic rings. The average molecular weight is 316 g/mol. The molecule has 21 heavy (non-hydrogen) atoms. The van der Waals surface area contributed by atoms with E-state index in [9.17, 15) is 8.42 Å². The fraction of sp³-hybridized carbons (Fsp3) is 0.769. The van der Waals surface area contributed by atoms with Crippen LogP contribution in [0.15, 0.2) is 6.20 Å². The Bertz CT molecular complexity index is 568. The minimum absolute atomic E-state index is 0.271. The molecule has 7 nitrogen and oxygen atoms in total. The summed E-state index contributed by atoms with van der Waals surface area (Å²) in [7, 11) is 0.0407. The predicted molar refractivity (Wildman–Crippen MR) is 79.9 cm³/mol. The minimum Gasteiger partial charge on any atom is -0.384 e. The normalized spacial score (nSPS) is 20.8. The van der Waals surface area contributed by atoms with Gasteiger partial charge in [-0.25, -0.2) is 0 Å². The summed E-state index contributed by atoms with van der Waals surface area (Å²) in [6.07, 6.45) is 3.59. The quantitative estimate of drug-likeness (QED) is 0.825. The molecule has 1 atom stereocenters. The van der Waals surface area contributed by atoms with E-state index in [0.29, 0.717) is 19.7 Å². The van der Waals surface area contributed by atoms with E-state index in [2.05, 4.69) is 9.82 Å². The molecule has 1 fully saturated rings. The Hall–Kier alpha value is -0.960. The van der Waals surface area contributed by atoms with Crippen LogP contribution in [-0.4, -0.2) is 49.3 Å². The predicted octanol–water partition coefficient (Wildman–Crippen LogP) is 0.421. The van der Waals surface area contributed by atoms with Crippen LogP contribution in [0.25, 0.3) is 0 Å². The number of hydrogen-bond donors (Lipinski definition) is 1. The maximum atomic E-state index is 12.4. The van der Waals surface area contributed by atoms with E-state index in [-0.39, 0.29) is 12.5 Å². The van der Waals surface area contributed by atoms with Gasteiger partial charge in [-0.1, -0.05) is 0 Å². The molecule has 0 bridgehead atoms.